The molecule has 2 aliphatic rings. The van der Waals surface area contributed by atoms with Crippen molar-refractivity contribution in [3.63, 3.8) is 0 Å². The molecule has 0 saturated carbocycles. The van der Waals surface area contributed by atoms with Crippen LogP contribution in [0.3, 0.4) is 0 Å². The van der Waals surface area contributed by atoms with Crippen LogP contribution in [0.4, 0.5) is 17.1 Å². The summed E-state index contributed by atoms with van der Waals surface area (Å²) in [6.45, 7) is 3.91. The molecule has 2 amide bonds. The molecule has 2 N–H and O–H groups in total. The van der Waals surface area contributed by atoms with Crippen LogP contribution < -0.4 is 15.1 Å². The Kier molecular flexibility index (Phi) is 7.59. The maximum absolute atomic E-state index is 14.4. The van der Waals surface area contributed by atoms with Gasteiger partial charge in [0.25, 0.3) is 5.69 Å². The number of amides is 2. The van der Waals surface area contributed by atoms with Crippen molar-refractivity contribution >= 4 is 34.8 Å². The SMILES string of the molecule is CCc1cccc(CC)c1N1C(=O)C2C(c3ccc(N(C)C)cc3)NC(Cc3ccc([N+](=O)[O-])cc3)(C(=O)O)C2C1=O. The van der Waals surface area contributed by atoms with Gasteiger partial charge in [-0.2, -0.15) is 0 Å². The fraction of sp³-hybridized carbons (Fsp3) is 0.344. The molecule has 10 nitrogen and oxygen atoms in total. The van der Waals surface area contributed by atoms with Gasteiger partial charge in [-0.05, 0) is 47.2 Å². The molecule has 2 aliphatic heterocycles. The van der Waals surface area contributed by atoms with Crippen molar-refractivity contribution in [1.29, 1.82) is 0 Å². The summed E-state index contributed by atoms with van der Waals surface area (Å²) in [6, 6.07) is 18.0. The minimum Gasteiger partial charge on any atom is -0.480 e. The number of rotatable bonds is 9. The highest BCUT2D eigenvalue weighted by Gasteiger charge is 2.68. The van der Waals surface area contributed by atoms with E-state index in [-0.39, 0.29) is 12.1 Å². The molecule has 3 aromatic rings. The normalized spacial score (nSPS) is 23.2. The molecule has 4 unspecified atom stereocenters. The lowest BCUT2D eigenvalue weighted by Gasteiger charge is -2.32. The number of carbonyl (C=O) groups excluding carboxylic acids is 2. The van der Waals surface area contributed by atoms with E-state index in [2.05, 4.69) is 5.32 Å². The zero-order chi connectivity index (χ0) is 30.3. The Bertz CT molecular complexity index is 1530. The summed E-state index contributed by atoms with van der Waals surface area (Å²) in [6.07, 6.45) is 1.04. The maximum Gasteiger partial charge on any atom is 0.325 e. The molecular weight excluding hydrogens is 536 g/mol. The molecule has 218 valence electrons. The fourth-order valence-corrected chi connectivity index (χ4v) is 6.48. The highest BCUT2D eigenvalue weighted by molar-refractivity contribution is 6.25. The van der Waals surface area contributed by atoms with Crippen LogP contribution in [0.25, 0.3) is 0 Å². The van der Waals surface area contributed by atoms with Crippen molar-refractivity contribution in [2.45, 2.75) is 44.7 Å². The van der Waals surface area contributed by atoms with Crippen LogP contribution in [0, 0.1) is 22.0 Å². The topological polar surface area (TPSA) is 133 Å². The molecule has 0 radical (unpaired) electrons. The van der Waals surface area contributed by atoms with E-state index in [0.29, 0.717) is 29.7 Å². The molecule has 0 aliphatic carbocycles. The third-order valence-corrected chi connectivity index (χ3v) is 8.62. The average molecular weight is 571 g/mol. The number of non-ortho nitro benzene ring substituents is 1. The number of hydrogen-bond donors (Lipinski definition) is 2. The number of fused-ring (bicyclic) bond motifs is 1. The Morgan fingerprint density at radius 2 is 1.57 bits per heavy atom. The van der Waals surface area contributed by atoms with E-state index in [1.165, 1.54) is 29.2 Å². The van der Waals surface area contributed by atoms with Gasteiger partial charge in [0.05, 0.1) is 22.4 Å². The molecule has 0 spiro atoms. The van der Waals surface area contributed by atoms with Crippen LogP contribution in [0.5, 0.6) is 0 Å². The van der Waals surface area contributed by atoms with E-state index < -0.39 is 46.1 Å². The number of benzene rings is 3. The van der Waals surface area contributed by atoms with E-state index >= 15 is 0 Å². The molecular formula is C32H34N4O6. The zero-order valence-corrected chi connectivity index (χ0v) is 24.0. The first-order valence-corrected chi connectivity index (χ1v) is 14.0. The van der Waals surface area contributed by atoms with Gasteiger partial charge in [0.2, 0.25) is 11.8 Å². The number of carboxylic acid groups (broad SMARTS) is 1. The second kappa shape index (κ2) is 11.0. The van der Waals surface area contributed by atoms with E-state index in [0.717, 1.165) is 16.8 Å². The number of para-hydroxylation sites is 1. The van der Waals surface area contributed by atoms with Gasteiger partial charge in [-0.1, -0.05) is 56.3 Å². The Morgan fingerprint density at radius 3 is 2.07 bits per heavy atom. The lowest BCUT2D eigenvalue weighted by Crippen LogP contribution is -2.57. The Morgan fingerprint density at radius 1 is 0.976 bits per heavy atom. The molecule has 5 rings (SSSR count). The summed E-state index contributed by atoms with van der Waals surface area (Å²) < 4.78 is 0. The summed E-state index contributed by atoms with van der Waals surface area (Å²) in [5.74, 6) is -4.41. The maximum atomic E-state index is 14.4. The third-order valence-electron chi connectivity index (χ3n) is 8.62. The number of nitrogens with zero attached hydrogens (tertiary/aromatic N) is 3. The van der Waals surface area contributed by atoms with E-state index in [1.54, 1.807) is 0 Å². The molecule has 4 atom stereocenters. The minimum atomic E-state index is -1.83. The number of carboxylic acids is 1. The van der Waals surface area contributed by atoms with E-state index in [4.69, 9.17) is 0 Å². The first kappa shape index (κ1) is 28.9. The van der Waals surface area contributed by atoms with Gasteiger partial charge in [0, 0.05) is 44.4 Å². The van der Waals surface area contributed by atoms with Gasteiger partial charge < -0.3 is 10.0 Å². The standard InChI is InChI=1S/C32H34N4O6/c1-5-20-8-7-9-21(6-2)28(20)35-29(37)25-26(30(35)38)32(31(39)40,18-19-10-14-24(15-11-19)36(41)42)33-27(25)22-12-16-23(17-13-22)34(3)4/h7-17,25-27,33H,5-6,18H2,1-4H3,(H,39,40). The number of nitro benzene ring substituents is 1. The smallest absolute Gasteiger partial charge is 0.325 e. The van der Waals surface area contributed by atoms with Crippen LogP contribution in [-0.2, 0) is 33.6 Å². The number of nitro groups is 1. The molecule has 0 aromatic heterocycles. The van der Waals surface area contributed by atoms with Gasteiger partial charge in [-0.3, -0.25) is 29.8 Å². The predicted molar refractivity (Wildman–Crippen MR) is 158 cm³/mol. The van der Waals surface area contributed by atoms with Gasteiger partial charge in [0.1, 0.15) is 5.54 Å². The minimum absolute atomic E-state index is 0.124. The second-order valence-electron chi connectivity index (χ2n) is 11.1. The van der Waals surface area contributed by atoms with Crippen LogP contribution in [0.1, 0.15) is 42.1 Å². The van der Waals surface area contributed by atoms with Crippen molar-refractivity contribution in [1.82, 2.24) is 5.32 Å². The lowest BCUT2D eigenvalue weighted by atomic mass is 9.76. The molecule has 2 heterocycles. The van der Waals surface area contributed by atoms with Gasteiger partial charge in [-0.25, -0.2) is 4.90 Å². The van der Waals surface area contributed by atoms with Crippen molar-refractivity contribution in [2.24, 2.45) is 11.8 Å². The largest absolute Gasteiger partial charge is 0.480 e. The zero-order valence-electron chi connectivity index (χ0n) is 24.0. The Hall–Kier alpha value is -4.57. The van der Waals surface area contributed by atoms with Gasteiger partial charge in [-0.15, -0.1) is 0 Å². The fourth-order valence-electron chi connectivity index (χ4n) is 6.48. The monoisotopic (exact) mass is 570 g/mol. The molecule has 2 fully saturated rings. The molecule has 0 bridgehead atoms. The Labute approximate surface area is 244 Å². The highest BCUT2D eigenvalue weighted by atomic mass is 16.6. The second-order valence-corrected chi connectivity index (χ2v) is 11.1. The summed E-state index contributed by atoms with van der Waals surface area (Å²) >= 11 is 0. The quantitative estimate of drug-likeness (QED) is 0.221. The molecule has 3 aromatic carbocycles. The van der Waals surface area contributed by atoms with Gasteiger partial charge in [0.15, 0.2) is 0 Å². The summed E-state index contributed by atoms with van der Waals surface area (Å²) in [5, 5.41) is 25.2. The Balaban J connectivity index is 1.67. The van der Waals surface area contributed by atoms with Crippen molar-refractivity contribution < 1.29 is 24.4 Å². The van der Waals surface area contributed by atoms with Crippen LogP contribution in [-0.4, -0.2) is 47.4 Å². The number of aryl methyl sites for hydroxylation is 2. The first-order chi connectivity index (χ1) is 20.0. The molecule has 10 heteroatoms. The van der Waals surface area contributed by atoms with Crippen LogP contribution >= 0.6 is 0 Å². The number of imide groups is 1. The summed E-state index contributed by atoms with van der Waals surface area (Å²) in [5.41, 5.74) is 2.40. The summed E-state index contributed by atoms with van der Waals surface area (Å²) in [4.78, 5) is 55.9. The molecule has 42 heavy (non-hydrogen) atoms. The third kappa shape index (κ3) is 4.61. The number of aliphatic carboxylic acids is 1. The van der Waals surface area contributed by atoms with E-state index in [9.17, 15) is 29.6 Å². The number of nitrogens with one attached hydrogen (secondary N) is 1. The van der Waals surface area contributed by atoms with Crippen LogP contribution in [0.2, 0.25) is 0 Å². The predicted octanol–water partition coefficient (Wildman–Crippen LogP) is 4.30. The lowest BCUT2D eigenvalue weighted by molar-refractivity contribution is -0.384. The number of carbonyl (C=O) groups is 3. The van der Waals surface area contributed by atoms with Gasteiger partial charge >= 0.3 is 5.97 Å². The van der Waals surface area contributed by atoms with Crippen molar-refractivity contribution in [3.8, 4) is 0 Å². The highest BCUT2D eigenvalue weighted by Crippen LogP contribution is 2.52. The average Bonchev–Trinajstić information content (AvgIpc) is 3.46. The first-order valence-electron chi connectivity index (χ1n) is 14.0. The number of hydrogen-bond acceptors (Lipinski definition) is 7. The molecule has 2 saturated heterocycles. The summed E-state index contributed by atoms with van der Waals surface area (Å²) in [7, 11) is 3.82. The van der Waals surface area contributed by atoms with Crippen LogP contribution in [0.15, 0.2) is 66.7 Å². The van der Waals surface area contributed by atoms with Crippen molar-refractivity contribution in [3.05, 3.63) is 99.1 Å². The van der Waals surface area contributed by atoms with Crippen molar-refractivity contribution in [2.75, 3.05) is 23.9 Å². The number of anilines is 2. The van der Waals surface area contributed by atoms with E-state index in [1.807, 2.05) is 75.3 Å².